The van der Waals surface area contributed by atoms with Crippen molar-refractivity contribution in [3.05, 3.63) is 24.3 Å². The van der Waals surface area contributed by atoms with Crippen LogP contribution in [0.2, 0.25) is 0 Å². The predicted molar refractivity (Wildman–Crippen MR) is 60.8 cm³/mol. The van der Waals surface area contributed by atoms with Gasteiger partial charge in [-0.3, -0.25) is 0 Å². The van der Waals surface area contributed by atoms with Crippen LogP contribution in [-0.4, -0.2) is 17.8 Å². The Bertz CT molecular complexity index is 267. The zero-order chi connectivity index (χ0) is 12.1. The van der Waals surface area contributed by atoms with Crippen molar-refractivity contribution in [2.75, 3.05) is 12.4 Å². The molecule has 0 heterocycles. The van der Waals surface area contributed by atoms with Crippen molar-refractivity contribution < 1.29 is 14.1 Å². The molecule has 0 aliphatic rings. The van der Waals surface area contributed by atoms with Gasteiger partial charge in [0.15, 0.2) is 0 Å². The second-order valence-electron chi connectivity index (χ2n) is 1.95. The Hall–Kier alpha value is -1.29. The zero-order valence-corrected chi connectivity index (χ0v) is 9.80. The van der Waals surface area contributed by atoms with Crippen molar-refractivity contribution in [1.29, 1.82) is 0 Å². The van der Waals surface area contributed by atoms with Crippen molar-refractivity contribution in [3.8, 4) is 0 Å². The van der Waals surface area contributed by atoms with Crippen molar-refractivity contribution in [2.45, 2.75) is 18.7 Å². The minimum absolute atomic E-state index is 0.250. The van der Waals surface area contributed by atoms with E-state index in [1.165, 1.54) is 0 Å². The Morgan fingerprint density at radius 1 is 1.33 bits per heavy atom. The Kier molecular flexibility index (Phi) is 13.7. The standard InChI is InChI=1S/C7H9NOS.C2H6.CO2/c1-8-6-3-2-4-7(5-6)10-9;1-2;2-1-3/h2-5,8-9H,1H3;1-2H3;. The van der Waals surface area contributed by atoms with E-state index >= 15 is 0 Å². The van der Waals surface area contributed by atoms with Gasteiger partial charge >= 0.3 is 6.15 Å². The van der Waals surface area contributed by atoms with Crippen LogP contribution in [0.1, 0.15) is 13.8 Å². The average molecular weight is 229 g/mol. The number of carbonyl (C=O) groups excluding carboxylic acids is 2. The second kappa shape index (κ2) is 12.7. The summed E-state index contributed by atoms with van der Waals surface area (Å²) in [5.74, 6) is 0. The van der Waals surface area contributed by atoms with Gasteiger partial charge in [-0.15, -0.1) is 0 Å². The van der Waals surface area contributed by atoms with Gasteiger partial charge in [0.2, 0.25) is 0 Å². The second-order valence-corrected chi connectivity index (χ2v) is 2.61. The van der Waals surface area contributed by atoms with Crippen molar-refractivity contribution >= 4 is 23.9 Å². The molecule has 1 aromatic rings. The van der Waals surface area contributed by atoms with Crippen LogP contribution < -0.4 is 5.32 Å². The lowest BCUT2D eigenvalue weighted by molar-refractivity contribution is -0.191. The van der Waals surface area contributed by atoms with E-state index in [9.17, 15) is 0 Å². The van der Waals surface area contributed by atoms with E-state index in [-0.39, 0.29) is 6.15 Å². The molecule has 1 rings (SSSR count). The molecule has 0 radical (unpaired) electrons. The summed E-state index contributed by atoms with van der Waals surface area (Å²) in [5, 5.41) is 2.98. The number of hydrogen-bond donors (Lipinski definition) is 2. The van der Waals surface area contributed by atoms with Crippen LogP contribution in [-0.2, 0) is 9.59 Å². The fourth-order valence-electron chi connectivity index (χ4n) is 0.708. The Morgan fingerprint density at radius 2 is 1.87 bits per heavy atom. The van der Waals surface area contributed by atoms with E-state index in [0.717, 1.165) is 22.6 Å². The molecule has 0 aromatic heterocycles. The number of benzene rings is 1. The molecule has 1 aromatic carbocycles. The van der Waals surface area contributed by atoms with Crippen molar-refractivity contribution in [1.82, 2.24) is 0 Å². The highest BCUT2D eigenvalue weighted by molar-refractivity contribution is 7.93. The van der Waals surface area contributed by atoms with Crippen LogP contribution in [0.5, 0.6) is 0 Å². The molecule has 15 heavy (non-hydrogen) atoms. The first-order chi connectivity index (χ1) is 7.28. The molecule has 0 fully saturated rings. The molecule has 0 atom stereocenters. The largest absolute Gasteiger partial charge is 0.388 e. The van der Waals surface area contributed by atoms with Crippen LogP contribution >= 0.6 is 12.0 Å². The molecule has 4 nitrogen and oxygen atoms in total. The molecule has 0 aliphatic carbocycles. The monoisotopic (exact) mass is 229 g/mol. The smallest absolute Gasteiger partial charge is 0.373 e. The van der Waals surface area contributed by atoms with Crippen LogP contribution in [0.25, 0.3) is 0 Å². The third-order valence-electron chi connectivity index (χ3n) is 1.23. The summed E-state index contributed by atoms with van der Waals surface area (Å²) in [7, 11) is 1.85. The lowest BCUT2D eigenvalue weighted by Gasteiger charge is -1.99. The zero-order valence-electron chi connectivity index (χ0n) is 8.98. The fraction of sp³-hybridized carbons (Fsp3) is 0.300. The van der Waals surface area contributed by atoms with Gasteiger partial charge in [-0.2, -0.15) is 9.59 Å². The Morgan fingerprint density at radius 3 is 2.27 bits per heavy atom. The lowest BCUT2D eigenvalue weighted by Crippen LogP contribution is -1.86. The summed E-state index contributed by atoms with van der Waals surface area (Å²) in [6.45, 7) is 4.00. The highest BCUT2D eigenvalue weighted by Gasteiger charge is 1.90. The average Bonchev–Trinajstić information content (AvgIpc) is 2.33. The van der Waals surface area contributed by atoms with Gasteiger partial charge in [0.05, 0.1) is 0 Å². The molecule has 0 saturated heterocycles. The summed E-state index contributed by atoms with van der Waals surface area (Å²) < 4.78 is 8.65. The van der Waals surface area contributed by atoms with Gasteiger partial charge in [0.1, 0.15) is 0 Å². The molecule has 0 unspecified atom stereocenters. The third-order valence-corrected chi connectivity index (χ3v) is 1.69. The van der Waals surface area contributed by atoms with Crippen LogP contribution in [0.15, 0.2) is 29.2 Å². The fourth-order valence-corrected chi connectivity index (χ4v) is 1.03. The summed E-state index contributed by atoms with van der Waals surface area (Å²) >= 11 is 0.758. The lowest BCUT2D eigenvalue weighted by atomic mass is 10.3. The normalized spacial score (nSPS) is 7.20. The molecule has 0 saturated carbocycles. The van der Waals surface area contributed by atoms with Gasteiger partial charge in [0, 0.05) is 29.7 Å². The van der Waals surface area contributed by atoms with Gasteiger partial charge in [-0.1, -0.05) is 19.9 Å². The van der Waals surface area contributed by atoms with Crippen LogP contribution in [0.4, 0.5) is 5.69 Å². The molecular formula is C10H15NO3S. The summed E-state index contributed by atoms with van der Waals surface area (Å²) in [6.07, 6.45) is 0.250. The molecule has 0 aliphatic heterocycles. The molecule has 2 N–H and O–H groups in total. The maximum absolute atomic E-state index is 8.65. The Labute approximate surface area is 93.9 Å². The van der Waals surface area contributed by atoms with E-state index in [4.69, 9.17) is 14.1 Å². The van der Waals surface area contributed by atoms with E-state index in [0.29, 0.717) is 0 Å². The van der Waals surface area contributed by atoms with Crippen LogP contribution in [0, 0.1) is 0 Å². The van der Waals surface area contributed by atoms with Crippen molar-refractivity contribution in [2.24, 2.45) is 0 Å². The van der Waals surface area contributed by atoms with Crippen molar-refractivity contribution in [3.63, 3.8) is 0 Å². The molecular weight excluding hydrogens is 214 g/mol. The van der Waals surface area contributed by atoms with E-state index < -0.39 is 0 Å². The summed E-state index contributed by atoms with van der Waals surface area (Å²) in [4.78, 5) is 17.1. The van der Waals surface area contributed by atoms with Gasteiger partial charge in [0.25, 0.3) is 0 Å². The van der Waals surface area contributed by atoms with E-state index in [1.54, 1.807) is 0 Å². The van der Waals surface area contributed by atoms with Crippen LogP contribution in [0.3, 0.4) is 0 Å². The first-order valence-corrected chi connectivity index (χ1v) is 5.14. The minimum Gasteiger partial charge on any atom is -0.388 e. The molecule has 84 valence electrons. The number of anilines is 1. The quantitative estimate of drug-likeness (QED) is 0.763. The van der Waals surface area contributed by atoms with Gasteiger partial charge < -0.3 is 9.87 Å². The maximum Gasteiger partial charge on any atom is 0.373 e. The highest BCUT2D eigenvalue weighted by atomic mass is 32.2. The summed E-state index contributed by atoms with van der Waals surface area (Å²) in [5.41, 5.74) is 1.01. The maximum atomic E-state index is 8.65. The molecule has 0 bridgehead atoms. The van der Waals surface area contributed by atoms with E-state index in [2.05, 4.69) is 5.32 Å². The third kappa shape index (κ3) is 9.02. The van der Waals surface area contributed by atoms with Gasteiger partial charge in [-0.05, 0) is 18.2 Å². The Balaban J connectivity index is 0. The topological polar surface area (TPSA) is 66.4 Å². The molecule has 0 spiro atoms. The first-order valence-electron chi connectivity index (χ1n) is 4.37. The summed E-state index contributed by atoms with van der Waals surface area (Å²) in [6, 6.07) is 7.57. The van der Waals surface area contributed by atoms with Gasteiger partial charge in [-0.25, -0.2) is 0 Å². The first kappa shape index (κ1) is 16.2. The molecule has 0 amide bonds. The SMILES string of the molecule is CC.CNc1cccc(SO)c1.O=C=O. The predicted octanol–water partition coefficient (Wildman–Crippen LogP) is 2.74. The number of rotatable bonds is 2. The van der Waals surface area contributed by atoms with E-state index in [1.807, 2.05) is 45.2 Å². The minimum atomic E-state index is 0.250. The highest BCUT2D eigenvalue weighted by Crippen LogP contribution is 2.17. The number of hydrogen-bond acceptors (Lipinski definition) is 5. The number of nitrogens with one attached hydrogen (secondary N) is 1. The molecule has 5 heteroatoms.